The highest BCUT2D eigenvalue weighted by Gasteiger charge is 2.54. The van der Waals surface area contributed by atoms with Gasteiger partial charge in [0.2, 0.25) is 12.0 Å². The monoisotopic (exact) mass is 1020 g/mol. The number of anilines is 4. The van der Waals surface area contributed by atoms with E-state index in [0.29, 0.717) is 62.0 Å². The number of fused-ring (bicyclic) bond motifs is 2. The predicted molar refractivity (Wildman–Crippen MR) is 268 cm³/mol. The van der Waals surface area contributed by atoms with Crippen LogP contribution < -0.4 is 24.6 Å². The number of allylic oxidation sites excluding steroid dienone is 1. The summed E-state index contributed by atoms with van der Waals surface area (Å²) >= 11 is 6.26. The van der Waals surface area contributed by atoms with Gasteiger partial charge in [-0.1, -0.05) is 57.0 Å². The van der Waals surface area contributed by atoms with Crippen LogP contribution in [0.1, 0.15) is 75.7 Å². The molecule has 71 heavy (non-hydrogen) atoms. The summed E-state index contributed by atoms with van der Waals surface area (Å²) in [5.74, 6) is -1.23. The van der Waals surface area contributed by atoms with Gasteiger partial charge in [0, 0.05) is 92.8 Å². The average Bonchev–Trinajstić information content (AvgIpc) is 3.75. The number of nitrogens with one attached hydrogen (secondary N) is 3. The standard InChI is InChI=1S/C51H58ClF3N8O7S/c1-49(2)17-13-35(40(28-49)33-5-7-36(52)8-6-33)30-60-19-21-61(22-20-60)37-9-11-39(46(64)59-71(67,68)38-10-12-41(43(27-38)63(65)66)57-29-32-15-23-69-24-16-32)42(26-37)62-31-50(3,4)48(51(53,54)55)70-47-44(62)25-34-14-18-56-45(34)58-47/h5-12,14,18,25-27,32,48,57H,13,15-17,19-24,28-31H2,1-4H3,(H,56,58)(H,59,64)/t48-/m0/s1. The third-order valence-corrected chi connectivity index (χ3v) is 15.8. The molecule has 5 aromatic rings. The Bertz CT molecular complexity index is 2970. The molecule has 1 amide bonds. The molecule has 2 aromatic heterocycles. The zero-order chi connectivity index (χ0) is 50.5. The number of carbonyl (C=O) groups is 1. The molecule has 4 aliphatic rings. The number of sulfonamides is 1. The van der Waals surface area contributed by atoms with E-state index in [1.54, 1.807) is 35.4 Å². The number of pyridine rings is 1. The van der Waals surface area contributed by atoms with Crippen LogP contribution in [0.5, 0.6) is 5.88 Å². The van der Waals surface area contributed by atoms with E-state index in [1.165, 1.54) is 48.8 Å². The quantitative estimate of drug-likeness (QED) is 0.0798. The number of halogens is 4. The number of ether oxygens (including phenoxy) is 2. The molecule has 2 fully saturated rings. The van der Waals surface area contributed by atoms with E-state index < -0.39 is 49.1 Å². The first kappa shape index (κ1) is 50.1. The van der Waals surface area contributed by atoms with Gasteiger partial charge >= 0.3 is 6.18 Å². The van der Waals surface area contributed by atoms with Gasteiger partial charge in [-0.25, -0.2) is 13.1 Å². The predicted octanol–water partition coefficient (Wildman–Crippen LogP) is 10.4. The van der Waals surface area contributed by atoms with Gasteiger partial charge in [-0.05, 0) is 109 Å². The maximum Gasteiger partial charge on any atom is 0.426 e. The number of carbonyl (C=O) groups excluding carboxylic acids is 1. The molecule has 3 aliphatic heterocycles. The van der Waals surface area contributed by atoms with Crippen molar-refractivity contribution in [3.63, 3.8) is 0 Å². The molecule has 0 bridgehead atoms. The lowest BCUT2D eigenvalue weighted by atomic mass is 9.72. The number of amides is 1. The number of benzene rings is 3. The molecule has 20 heteroatoms. The molecule has 15 nitrogen and oxygen atoms in total. The number of hydrogen-bond acceptors (Lipinski definition) is 12. The zero-order valence-corrected chi connectivity index (χ0v) is 41.6. The van der Waals surface area contributed by atoms with Crippen molar-refractivity contribution < 1.29 is 40.8 Å². The van der Waals surface area contributed by atoms with Crippen molar-refractivity contribution in [1.29, 1.82) is 0 Å². The van der Waals surface area contributed by atoms with Gasteiger partial charge in [0.05, 0.1) is 21.1 Å². The maximum absolute atomic E-state index is 14.9. The summed E-state index contributed by atoms with van der Waals surface area (Å²) in [6, 6.07) is 19.6. The van der Waals surface area contributed by atoms with Gasteiger partial charge in [0.15, 0.2) is 0 Å². The van der Waals surface area contributed by atoms with Crippen molar-refractivity contribution >= 4 is 72.6 Å². The van der Waals surface area contributed by atoms with Crippen molar-refractivity contribution in [3.8, 4) is 5.88 Å². The molecule has 2 saturated heterocycles. The van der Waals surface area contributed by atoms with E-state index in [-0.39, 0.29) is 52.0 Å². The lowest BCUT2D eigenvalue weighted by Gasteiger charge is -2.40. The number of aromatic amines is 1. The number of nitro groups is 1. The highest BCUT2D eigenvalue weighted by molar-refractivity contribution is 7.90. The Kier molecular flexibility index (Phi) is 13.8. The normalized spacial score (nSPS) is 20.0. The van der Waals surface area contributed by atoms with Crippen molar-refractivity contribution in [2.75, 3.05) is 74.1 Å². The van der Waals surface area contributed by atoms with Crippen LogP contribution in [0.25, 0.3) is 16.6 Å². The van der Waals surface area contributed by atoms with Crippen LogP contribution in [0.2, 0.25) is 5.02 Å². The van der Waals surface area contributed by atoms with Gasteiger partial charge in [0.1, 0.15) is 17.0 Å². The molecular weight excluding hydrogens is 961 g/mol. The minimum absolute atomic E-state index is 0.108. The third kappa shape index (κ3) is 11.0. The topological polar surface area (TPSA) is 175 Å². The molecule has 0 unspecified atom stereocenters. The van der Waals surface area contributed by atoms with Gasteiger partial charge in [-0.15, -0.1) is 0 Å². The largest absolute Gasteiger partial charge is 0.462 e. The van der Waals surface area contributed by atoms with Crippen LogP contribution in [0.4, 0.5) is 41.6 Å². The number of H-pyrrole nitrogens is 1. The first-order valence-corrected chi connectivity index (χ1v) is 25.7. The van der Waals surface area contributed by atoms with Gasteiger partial charge in [0.25, 0.3) is 21.6 Å². The lowest BCUT2D eigenvalue weighted by Crippen LogP contribution is -2.49. The summed E-state index contributed by atoms with van der Waals surface area (Å²) in [5, 5.41) is 16.6. The fourth-order valence-corrected chi connectivity index (χ4v) is 11.4. The van der Waals surface area contributed by atoms with E-state index in [9.17, 15) is 36.5 Å². The highest BCUT2D eigenvalue weighted by Crippen LogP contribution is 2.48. The molecule has 5 heterocycles. The summed E-state index contributed by atoms with van der Waals surface area (Å²) in [6.45, 7) is 12.0. The Morgan fingerprint density at radius 1 is 0.972 bits per heavy atom. The van der Waals surface area contributed by atoms with Crippen molar-refractivity contribution in [3.05, 3.63) is 111 Å². The van der Waals surface area contributed by atoms with Crippen molar-refractivity contribution in [2.45, 2.75) is 77.0 Å². The summed E-state index contributed by atoms with van der Waals surface area (Å²) < 4.78 is 86.3. The summed E-state index contributed by atoms with van der Waals surface area (Å²) in [4.78, 5) is 39.1. The second-order valence-corrected chi connectivity index (χ2v) is 22.7. The number of alkyl halides is 3. The van der Waals surface area contributed by atoms with E-state index in [1.807, 2.05) is 12.1 Å². The SMILES string of the molecule is CC1(C)CCC(CN2CCN(c3ccc(C(=O)NS(=O)(=O)c4ccc(NCC5CCOCC5)c([N+](=O)[O-])c4)c(N4CC(C)(C)[C@@H](C(F)(F)F)Oc5nc6[nH]ccc6cc54)c3)CC2)=C(c2ccc(Cl)cc2)C1. The third-order valence-electron chi connectivity index (χ3n) is 14.2. The van der Waals surface area contributed by atoms with E-state index in [0.717, 1.165) is 44.7 Å². The molecular formula is C51H58ClF3N8O7S. The van der Waals surface area contributed by atoms with Crippen LogP contribution in [0, 0.1) is 26.9 Å². The van der Waals surface area contributed by atoms with Gasteiger partial charge in [-0.3, -0.25) is 19.8 Å². The Hall–Kier alpha value is -5.89. The summed E-state index contributed by atoms with van der Waals surface area (Å²) in [7, 11) is -4.76. The fourth-order valence-electron chi connectivity index (χ4n) is 10.3. The first-order chi connectivity index (χ1) is 33.6. The van der Waals surface area contributed by atoms with E-state index in [2.05, 4.69) is 55.8 Å². The number of hydrogen-bond donors (Lipinski definition) is 3. The molecule has 0 saturated carbocycles. The summed E-state index contributed by atoms with van der Waals surface area (Å²) in [6.07, 6.45) is -1.01. The number of nitrogens with zero attached hydrogens (tertiary/aromatic N) is 5. The molecule has 0 spiro atoms. The second-order valence-electron chi connectivity index (χ2n) is 20.5. The molecule has 3 N–H and O–H groups in total. The van der Waals surface area contributed by atoms with Crippen LogP contribution in [0.3, 0.4) is 0 Å². The molecule has 378 valence electrons. The average molecular weight is 1020 g/mol. The summed E-state index contributed by atoms with van der Waals surface area (Å²) in [5.41, 5.74) is 3.05. The maximum atomic E-state index is 14.9. The van der Waals surface area contributed by atoms with Crippen molar-refractivity contribution in [1.82, 2.24) is 19.6 Å². The minimum Gasteiger partial charge on any atom is -0.462 e. The number of nitro benzene ring substituents is 1. The van der Waals surface area contributed by atoms with Crippen LogP contribution in [0.15, 0.2) is 89.5 Å². The Morgan fingerprint density at radius 3 is 2.41 bits per heavy atom. The fraction of sp³-hybridized carbons (Fsp3) is 0.451. The molecule has 3 aromatic carbocycles. The van der Waals surface area contributed by atoms with Crippen LogP contribution in [-0.2, 0) is 14.8 Å². The van der Waals surface area contributed by atoms with E-state index in [4.69, 9.17) is 21.1 Å². The zero-order valence-electron chi connectivity index (χ0n) is 40.1. The molecule has 0 radical (unpaired) electrons. The smallest absolute Gasteiger partial charge is 0.426 e. The number of aromatic nitrogens is 2. The minimum atomic E-state index is -4.82. The second kappa shape index (κ2) is 19.6. The highest BCUT2D eigenvalue weighted by atomic mass is 35.5. The van der Waals surface area contributed by atoms with Crippen LogP contribution in [-0.4, -0.2) is 105 Å². The van der Waals surface area contributed by atoms with Crippen molar-refractivity contribution in [2.24, 2.45) is 16.7 Å². The molecule has 1 aliphatic carbocycles. The first-order valence-electron chi connectivity index (χ1n) is 23.9. The molecule has 9 rings (SSSR count). The van der Waals surface area contributed by atoms with Gasteiger partial charge in [-0.2, -0.15) is 18.2 Å². The van der Waals surface area contributed by atoms with Gasteiger partial charge < -0.3 is 29.6 Å². The Morgan fingerprint density at radius 2 is 1.70 bits per heavy atom. The Balaban J connectivity index is 1.05. The molecule has 1 atom stereocenters. The van der Waals surface area contributed by atoms with E-state index >= 15 is 0 Å². The number of rotatable bonds is 12. The van der Waals surface area contributed by atoms with Crippen LogP contribution >= 0.6 is 11.6 Å². The Labute approximate surface area is 415 Å². The lowest BCUT2D eigenvalue weighted by molar-refractivity contribution is -0.384. The number of piperazine rings is 1.